The molecule has 0 aliphatic rings. The molecule has 0 unspecified atom stereocenters. The van der Waals surface area contributed by atoms with Crippen LogP contribution in [0, 0.1) is 0 Å². The van der Waals surface area contributed by atoms with Gasteiger partial charge in [-0.1, -0.05) is 36.4 Å². The number of amides is 3. The van der Waals surface area contributed by atoms with E-state index in [-0.39, 0.29) is 13.2 Å². The highest BCUT2D eigenvalue weighted by Crippen LogP contribution is 2.20. The van der Waals surface area contributed by atoms with E-state index in [0.29, 0.717) is 12.3 Å². The third-order valence-electron chi connectivity index (χ3n) is 3.45. The number of primary amides is 1. The Morgan fingerprint density at radius 1 is 1.00 bits per heavy atom. The van der Waals surface area contributed by atoms with Crippen LogP contribution in [0.25, 0.3) is 0 Å². The first-order valence-corrected chi connectivity index (χ1v) is 7.72. The Kier molecular flexibility index (Phi) is 6.65. The van der Waals surface area contributed by atoms with Gasteiger partial charge in [0.25, 0.3) is 0 Å². The summed E-state index contributed by atoms with van der Waals surface area (Å²) in [5.41, 5.74) is 7.59. The lowest BCUT2D eigenvalue weighted by molar-refractivity contribution is 0.139. The van der Waals surface area contributed by atoms with Gasteiger partial charge in [-0.05, 0) is 23.3 Å². The first-order chi connectivity index (χ1) is 12.1. The largest absolute Gasteiger partial charge is 0.496 e. The molecular weight excluding hydrogens is 322 g/mol. The number of nitrogens with one attached hydrogen (secondary N) is 2. The Balaban J connectivity index is 1.90. The molecule has 0 atom stereocenters. The number of nitrogens with two attached hydrogens (primary N) is 1. The summed E-state index contributed by atoms with van der Waals surface area (Å²) in [4.78, 5) is 22.6. The van der Waals surface area contributed by atoms with Crippen molar-refractivity contribution in [2.24, 2.45) is 5.73 Å². The van der Waals surface area contributed by atoms with Crippen molar-refractivity contribution in [3.8, 4) is 5.75 Å². The Bertz CT molecular complexity index is 720. The van der Waals surface area contributed by atoms with E-state index in [1.165, 1.54) is 0 Å². The van der Waals surface area contributed by atoms with Gasteiger partial charge in [-0.3, -0.25) is 0 Å². The second kappa shape index (κ2) is 9.17. The molecule has 7 heteroatoms. The molecule has 0 bridgehead atoms. The minimum Gasteiger partial charge on any atom is -0.496 e. The van der Waals surface area contributed by atoms with E-state index in [1.54, 1.807) is 13.2 Å². The number of benzene rings is 2. The van der Waals surface area contributed by atoms with Gasteiger partial charge in [0.2, 0.25) is 0 Å². The Morgan fingerprint density at radius 3 is 2.44 bits per heavy atom. The SMILES string of the molecule is COc1ccc(CNC(N)=O)cc1CNC(=O)OCc1ccccc1. The van der Waals surface area contributed by atoms with E-state index in [1.807, 2.05) is 42.5 Å². The molecule has 0 aromatic heterocycles. The van der Waals surface area contributed by atoms with Crippen LogP contribution in [0.2, 0.25) is 0 Å². The number of hydrogen-bond donors (Lipinski definition) is 3. The van der Waals surface area contributed by atoms with Gasteiger partial charge in [0.1, 0.15) is 12.4 Å². The molecule has 0 fully saturated rings. The number of rotatable bonds is 7. The molecule has 0 radical (unpaired) electrons. The van der Waals surface area contributed by atoms with Crippen molar-refractivity contribution in [1.82, 2.24) is 10.6 Å². The minimum atomic E-state index is -0.597. The lowest BCUT2D eigenvalue weighted by Gasteiger charge is -2.12. The van der Waals surface area contributed by atoms with Crippen LogP contribution in [0.15, 0.2) is 48.5 Å². The maximum absolute atomic E-state index is 11.8. The standard InChI is InChI=1S/C18H21N3O4/c1-24-16-8-7-14(10-20-17(19)22)9-15(16)11-21-18(23)25-12-13-5-3-2-4-6-13/h2-9H,10-12H2,1H3,(H,21,23)(H3,19,20,22). The molecular formula is C18H21N3O4. The topological polar surface area (TPSA) is 103 Å². The lowest BCUT2D eigenvalue weighted by atomic mass is 10.1. The van der Waals surface area contributed by atoms with Gasteiger partial charge >= 0.3 is 12.1 Å². The van der Waals surface area contributed by atoms with Crippen molar-refractivity contribution in [1.29, 1.82) is 0 Å². The summed E-state index contributed by atoms with van der Waals surface area (Å²) in [5, 5.41) is 5.20. The molecule has 0 saturated heterocycles. The Labute approximate surface area is 146 Å². The third kappa shape index (κ3) is 6.06. The lowest BCUT2D eigenvalue weighted by Crippen LogP contribution is -2.28. The fourth-order valence-electron chi connectivity index (χ4n) is 2.21. The van der Waals surface area contributed by atoms with Crippen LogP contribution in [-0.2, 0) is 24.4 Å². The van der Waals surface area contributed by atoms with Crippen molar-refractivity contribution in [2.75, 3.05) is 7.11 Å². The van der Waals surface area contributed by atoms with Crippen LogP contribution in [0.3, 0.4) is 0 Å². The van der Waals surface area contributed by atoms with Crippen molar-refractivity contribution in [3.63, 3.8) is 0 Å². The molecule has 0 saturated carbocycles. The smallest absolute Gasteiger partial charge is 0.407 e. The van der Waals surface area contributed by atoms with E-state index < -0.39 is 12.1 Å². The molecule has 0 heterocycles. The van der Waals surface area contributed by atoms with E-state index in [4.69, 9.17) is 15.2 Å². The highest BCUT2D eigenvalue weighted by molar-refractivity contribution is 5.71. The summed E-state index contributed by atoms with van der Waals surface area (Å²) < 4.78 is 10.5. The fourth-order valence-corrected chi connectivity index (χ4v) is 2.21. The molecule has 132 valence electrons. The maximum Gasteiger partial charge on any atom is 0.407 e. The first-order valence-electron chi connectivity index (χ1n) is 7.72. The van der Waals surface area contributed by atoms with Crippen molar-refractivity contribution < 1.29 is 19.1 Å². The molecule has 0 aliphatic carbocycles. The van der Waals surface area contributed by atoms with Crippen LogP contribution in [0.5, 0.6) is 5.75 Å². The number of carbonyl (C=O) groups excluding carboxylic acids is 2. The quantitative estimate of drug-likeness (QED) is 0.717. The summed E-state index contributed by atoms with van der Waals surface area (Å²) in [7, 11) is 1.55. The van der Waals surface area contributed by atoms with E-state index in [0.717, 1.165) is 16.7 Å². The van der Waals surface area contributed by atoms with Gasteiger partial charge in [0.15, 0.2) is 0 Å². The highest BCUT2D eigenvalue weighted by Gasteiger charge is 2.08. The minimum absolute atomic E-state index is 0.201. The average molecular weight is 343 g/mol. The van der Waals surface area contributed by atoms with Crippen LogP contribution in [-0.4, -0.2) is 19.2 Å². The second-order valence-corrected chi connectivity index (χ2v) is 5.28. The Morgan fingerprint density at radius 2 is 1.76 bits per heavy atom. The molecule has 4 N–H and O–H groups in total. The molecule has 3 amide bonds. The second-order valence-electron chi connectivity index (χ2n) is 5.28. The van der Waals surface area contributed by atoms with Crippen molar-refractivity contribution >= 4 is 12.1 Å². The molecule has 2 aromatic carbocycles. The van der Waals surface area contributed by atoms with Crippen LogP contribution < -0.4 is 21.1 Å². The average Bonchev–Trinajstić information content (AvgIpc) is 2.63. The number of methoxy groups -OCH3 is 1. The summed E-state index contributed by atoms with van der Waals surface area (Å²) in [5.74, 6) is 0.631. The highest BCUT2D eigenvalue weighted by atomic mass is 16.5. The van der Waals surface area contributed by atoms with Gasteiger partial charge in [-0.15, -0.1) is 0 Å². The van der Waals surface area contributed by atoms with Crippen LogP contribution in [0.1, 0.15) is 16.7 Å². The molecule has 0 spiro atoms. The predicted molar refractivity (Wildman–Crippen MR) is 92.9 cm³/mol. The van der Waals surface area contributed by atoms with E-state index in [2.05, 4.69) is 10.6 Å². The molecule has 2 aromatic rings. The number of urea groups is 1. The van der Waals surface area contributed by atoms with E-state index in [9.17, 15) is 9.59 Å². The molecule has 0 aliphatic heterocycles. The number of carbonyl (C=O) groups is 2. The molecule has 2 rings (SSSR count). The van der Waals surface area contributed by atoms with Crippen molar-refractivity contribution in [3.05, 3.63) is 65.2 Å². The summed E-state index contributed by atoms with van der Waals surface area (Å²) in [6.07, 6.45) is -0.522. The Hall–Kier alpha value is -3.22. The van der Waals surface area contributed by atoms with Crippen molar-refractivity contribution in [2.45, 2.75) is 19.7 Å². The van der Waals surface area contributed by atoms with Gasteiger partial charge in [-0.2, -0.15) is 0 Å². The summed E-state index contributed by atoms with van der Waals surface area (Å²) >= 11 is 0. The maximum atomic E-state index is 11.8. The zero-order valence-corrected chi connectivity index (χ0v) is 14.0. The summed E-state index contributed by atoms with van der Waals surface area (Å²) in [6, 6.07) is 14.2. The van der Waals surface area contributed by atoms with Gasteiger partial charge in [0.05, 0.1) is 7.11 Å². The third-order valence-corrected chi connectivity index (χ3v) is 3.45. The van der Waals surface area contributed by atoms with Gasteiger partial charge < -0.3 is 25.8 Å². The zero-order valence-electron chi connectivity index (χ0n) is 14.0. The zero-order chi connectivity index (χ0) is 18.1. The van der Waals surface area contributed by atoms with Crippen LogP contribution in [0.4, 0.5) is 9.59 Å². The van der Waals surface area contributed by atoms with Gasteiger partial charge in [0, 0.05) is 18.7 Å². The number of hydrogen-bond acceptors (Lipinski definition) is 4. The number of alkyl carbamates (subject to hydrolysis) is 1. The monoisotopic (exact) mass is 343 g/mol. The van der Waals surface area contributed by atoms with Gasteiger partial charge in [-0.25, -0.2) is 9.59 Å². The summed E-state index contributed by atoms with van der Waals surface area (Å²) in [6.45, 7) is 0.734. The predicted octanol–water partition coefficient (Wildman–Crippen LogP) is 2.29. The van der Waals surface area contributed by atoms with Crippen LogP contribution >= 0.6 is 0 Å². The molecule has 25 heavy (non-hydrogen) atoms. The fraction of sp³-hybridized carbons (Fsp3) is 0.222. The normalized spacial score (nSPS) is 9.96. The molecule has 7 nitrogen and oxygen atoms in total. The number of ether oxygens (including phenoxy) is 2. The van der Waals surface area contributed by atoms with E-state index >= 15 is 0 Å². The first kappa shape index (κ1) is 18.1.